The fraction of sp³-hybridized carbons (Fsp3) is 0.400. The minimum absolute atomic E-state index is 0.0976. The Bertz CT molecular complexity index is 277. The molecular formula is C10H11FO2. The lowest BCUT2D eigenvalue weighted by atomic mass is 9.92. The first kappa shape index (κ1) is 8.51. The molecule has 13 heavy (non-hydrogen) atoms. The van der Waals surface area contributed by atoms with Gasteiger partial charge in [0, 0.05) is 12.8 Å². The second-order valence-electron chi connectivity index (χ2n) is 3.32. The molecule has 0 spiro atoms. The van der Waals surface area contributed by atoms with Gasteiger partial charge in [0.05, 0.1) is 6.10 Å². The zero-order valence-electron chi connectivity index (χ0n) is 7.11. The smallest absolute Gasteiger partial charge is 0.123 e. The van der Waals surface area contributed by atoms with Crippen molar-refractivity contribution in [3.63, 3.8) is 0 Å². The molecule has 0 saturated heterocycles. The van der Waals surface area contributed by atoms with Crippen LogP contribution in [-0.4, -0.2) is 17.3 Å². The summed E-state index contributed by atoms with van der Waals surface area (Å²) in [6.45, 7) is 0. The highest BCUT2D eigenvalue weighted by molar-refractivity contribution is 5.22. The van der Waals surface area contributed by atoms with E-state index < -0.39 is 0 Å². The van der Waals surface area contributed by atoms with Crippen LogP contribution in [0, 0.1) is 5.82 Å². The Morgan fingerprint density at radius 3 is 2.38 bits per heavy atom. The van der Waals surface area contributed by atoms with Gasteiger partial charge in [-0.15, -0.1) is 0 Å². The van der Waals surface area contributed by atoms with Crippen molar-refractivity contribution < 1.29 is 14.2 Å². The van der Waals surface area contributed by atoms with Crippen LogP contribution >= 0.6 is 0 Å². The van der Waals surface area contributed by atoms with Crippen molar-refractivity contribution in [3.8, 4) is 5.75 Å². The number of rotatable bonds is 2. The van der Waals surface area contributed by atoms with Crippen LogP contribution in [-0.2, 0) is 0 Å². The molecule has 0 atom stereocenters. The van der Waals surface area contributed by atoms with Gasteiger partial charge in [-0.05, 0) is 24.3 Å². The molecule has 1 saturated carbocycles. The van der Waals surface area contributed by atoms with Crippen molar-refractivity contribution in [1.29, 1.82) is 0 Å². The van der Waals surface area contributed by atoms with Crippen molar-refractivity contribution in [1.82, 2.24) is 0 Å². The molecule has 0 bridgehead atoms. The SMILES string of the molecule is OC1CC(Oc2ccc(F)cc2)C1. The van der Waals surface area contributed by atoms with E-state index in [4.69, 9.17) is 9.84 Å². The molecule has 1 aliphatic carbocycles. The van der Waals surface area contributed by atoms with Crippen LogP contribution in [0.15, 0.2) is 24.3 Å². The average molecular weight is 182 g/mol. The van der Waals surface area contributed by atoms with Gasteiger partial charge < -0.3 is 9.84 Å². The maximum Gasteiger partial charge on any atom is 0.123 e. The summed E-state index contributed by atoms with van der Waals surface area (Å²) in [5.41, 5.74) is 0. The van der Waals surface area contributed by atoms with E-state index in [1.807, 2.05) is 0 Å². The maximum absolute atomic E-state index is 12.5. The van der Waals surface area contributed by atoms with E-state index in [9.17, 15) is 4.39 Å². The third kappa shape index (κ3) is 1.98. The fourth-order valence-electron chi connectivity index (χ4n) is 1.34. The molecule has 2 rings (SSSR count). The normalized spacial score (nSPS) is 26.6. The monoisotopic (exact) mass is 182 g/mol. The van der Waals surface area contributed by atoms with Gasteiger partial charge >= 0.3 is 0 Å². The molecule has 0 amide bonds. The second kappa shape index (κ2) is 3.34. The molecule has 1 N–H and O–H groups in total. The van der Waals surface area contributed by atoms with Gasteiger partial charge in [0.2, 0.25) is 0 Å². The molecule has 0 heterocycles. The molecule has 0 aromatic heterocycles. The standard InChI is InChI=1S/C10H11FO2/c11-7-1-3-9(4-2-7)13-10-5-8(12)6-10/h1-4,8,10,12H,5-6H2. The molecule has 3 heteroatoms. The lowest BCUT2D eigenvalue weighted by Gasteiger charge is -2.31. The Morgan fingerprint density at radius 2 is 1.85 bits per heavy atom. The first-order valence-corrected chi connectivity index (χ1v) is 4.34. The first-order chi connectivity index (χ1) is 6.24. The van der Waals surface area contributed by atoms with E-state index in [1.165, 1.54) is 12.1 Å². The summed E-state index contributed by atoms with van der Waals surface area (Å²) in [5, 5.41) is 9.00. The van der Waals surface area contributed by atoms with Gasteiger partial charge in [-0.2, -0.15) is 0 Å². The minimum Gasteiger partial charge on any atom is -0.490 e. The van der Waals surface area contributed by atoms with Gasteiger partial charge in [-0.25, -0.2) is 4.39 Å². The molecule has 2 nitrogen and oxygen atoms in total. The fourth-order valence-corrected chi connectivity index (χ4v) is 1.34. The topological polar surface area (TPSA) is 29.5 Å². The number of halogens is 1. The summed E-state index contributed by atoms with van der Waals surface area (Å²) < 4.78 is 17.9. The van der Waals surface area contributed by atoms with E-state index in [1.54, 1.807) is 12.1 Å². The number of benzene rings is 1. The Hall–Kier alpha value is -1.09. The summed E-state index contributed by atoms with van der Waals surface area (Å²) in [5.74, 6) is 0.402. The number of ether oxygens (including phenoxy) is 1. The number of aliphatic hydroxyl groups excluding tert-OH is 1. The maximum atomic E-state index is 12.5. The van der Waals surface area contributed by atoms with Crippen molar-refractivity contribution in [2.24, 2.45) is 0 Å². The highest BCUT2D eigenvalue weighted by Crippen LogP contribution is 2.25. The van der Waals surface area contributed by atoms with Crippen LogP contribution in [0.1, 0.15) is 12.8 Å². The van der Waals surface area contributed by atoms with Crippen LogP contribution in [0.2, 0.25) is 0 Å². The van der Waals surface area contributed by atoms with Gasteiger partial charge in [-0.1, -0.05) is 0 Å². The zero-order valence-corrected chi connectivity index (χ0v) is 7.11. The van der Waals surface area contributed by atoms with Crippen molar-refractivity contribution in [3.05, 3.63) is 30.1 Å². The van der Waals surface area contributed by atoms with Crippen LogP contribution in [0.4, 0.5) is 4.39 Å². The Balaban J connectivity index is 1.91. The minimum atomic E-state index is -0.263. The van der Waals surface area contributed by atoms with E-state index in [-0.39, 0.29) is 18.0 Å². The average Bonchev–Trinajstić information content (AvgIpc) is 2.06. The highest BCUT2D eigenvalue weighted by atomic mass is 19.1. The van der Waals surface area contributed by atoms with Crippen molar-refractivity contribution in [2.45, 2.75) is 25.0 Å². The number of aliphatic hydroxyl groups is 1. The summed E-state index contributed by atoms with van der Waals surface area (Å²) in [6.07, 6.45) is 1.24. The molecule has 1 aromatic carbocycles. The van der Waals surface area contributed by atoms with E-state index in [2.05, 4.69) is 0 Å². The van der Waals surface area contributed by atoms with E-state index in [0.29, 0.717) is 18.6 Å². The predicted octanol–water partition coefficient (Wildman–Crippen LogP) is 1.73. The first-order valence-electron chi connectivity index (χ1n) is 4.34. The number of hydrogen-bond donors (Lipinski definition) is 1. The Morgan fingerprint density at radius 1 is 1.23 bits per heavy atom. The van der Waals surface area contributed by atoms with Crippen LogP contribution in [0.25, 0.3) is 0 Å². The lowest BCUT2D eigenvalue weighted by molar-refractivity contribution is -0.0108. The molecule has 1 aliphatic rings. The van der Waals surface area contributed by atoms with Crippen molar-refractivity contribution >= 4 is 0 Å². The summed E-state index contributed by atoms with van der Waals surface area (Å²) in [6, 6.07) is 5.93. The Labute approximate surface area is 76.0 Å². The zero-order chi connectivity index (χ0) is 9.26. The molecule has 0 unspecified atom stereocenters. The summed E-state index contributed by atoms with van der Waals surface area (Å²) >= 11 is 0. The number of hydrogen-bond acceptors (Lipinski definition) is 2. The predicted molar refractivity (Wildman–Crippen MR) is 46.1 cm³/mol. The van der Waals surface area contributed by atoms with E-state index >= 15 is 0 Å². The van der Waals surface area contributed by atoms with Crippen LogP contribution in [0.3, 0.4) is 0 Å². The second-order valence-corrected chi connectivity index (χ2v) is 3.32. The van der Waals surface area contributed by atoms with Gasteiger partial charge in [0.15, 0.2) is 0 Å². The molecule has 0 radical (unpaired) electrons. The lowest BCUT2D eigenvalue weighted by Crippen LogP contribution is -2.37. The third-order valence-electron chi connectivity index (χ3n) is 2.19. The molecule has 70 valence electrons. The largest absolute Gasteiger partial charge is 0.490 e. The van der Waals surface area contributed by atoms with Crippen LogP contribution in [0.5, 0.6) is 5.75 Å². The summed E-state index contributed by atoms with van der Waals surface area (Å²) in [7, 11) is 0. The van der Waals surface area contributed by atoms with Gasteiger partial charge in [0.1, 0.15) is 17.7 Å². The highest BCUT2D eigenvalue weighted by Gasteiger charge is 2.28. The third-order valence-corrected chi connectivity index (χ3v) is 2.19. The summed E-state index contributed by atoms with van der Waals surface area (Å²) in [4.78, 5) is 0. The van der Waals surface area contributed by atoms with Gasteiger partial charge in [-0.3, -0.25) is 0 Å². The Kier molecular flexibility index (Phi) is 2.19. The van der Waals surface area contributed by atoms with Crippen LogP contribution < -0.4 is 4.74 Å². The molecule has 0 aliphatic heterocycles. The van der Waals surface area contributed by atoms with Gasteiger partial charge in [0.25, 0.3) is 0 Å². The molecule has 1 aromatic rings. The molecular weight excluding hydrogens is 171 g/mol. The molecule has 1 fully saturated rings. The van der Waals surface area contributed by atoms with E-state index in [0.717, 1.165) is 0 Å². The van der Waals surface area contributed by atoms with Crippen molar-refractivity contribution in [2.75, 3.05) is 0 Å². The quantitative estimate of drug-likeness (QED) is 0.754.